The molecule has 0 radical (unpaired) electrons. The fraction of sp³-hybridized carbons (Fsp3) is 0.611. The molecule has 1 saturated carbocycles. The molecular formula is C18H26N4O2S. The van der Waals surface area contributed by atoms with Crippen molar-refractivity contribution >= 4 is 17.7 Å². The number of hydrogen-bond donors (Lipinski definition) is 1. The van der Waals surface area contributed by atoms with Crippen LogP contribution in [-0.4, -0.2) is 32.5 Å². The summed E-state index contributed by atoms with van der Waals surface area (Å²) in [4.78, 5) is 12.3. The smallest absolute Gasteiger partial charge is 0.230 e. The number of aryl methyl sites for hydroxylation is 1. The standard InChI is InChI=1S/C18H26N4O2S/c1-3-22-17(15-10-11-24-13(15)2)20-21-18(22)25-12-16(23)19-14-8-6-4-5-7-9-14/h10-11,14H,3-9,12H2,1-2H3,(H,19,23). The third kappa shape index (κ3) is 4.45. The second kappa shape index (κ2) is 8.56. The Labute approximate surface area is 152 Å². The first-order valence-corrected chi connectivity index (χ1v) is 10.1. The fourth-order valence-corrected chi connectivity index (χ4v) is 4.13. The minimum atomic E-state index is 0.0867. The average Bonchev–Trinajstić information content (AvgIpc) is 3.11. The molecule has 3 rings (SSSR count). The molecule has 1 aliphatic carbocycles. The summed E-state index contributed by atoms with van der Waals surface area (Å²) in [6.45, 7) is 4.72. The van der Waals surface area contributed by atoms with Crippen LogP contribution in [0.3, 0.4) is 0 Å². The van der Waals surface area contributed by atoms with Gasteiger partial charge in [-0.1, -0.05) is 37.4 Å². The van der Waals surface area contributed by atoms with Crippen LogP contribution in [0.5, 0.6) is 0 Å². The summed E-state index contributed by atoms with van der Waals surface area (Å²) in [5.74, 6) is 2.08. The van der Waals surface area contributed by atoms with E-state index in [0.717, 1.165) is 41.7 Å². The number of hydrogen-bond acceptors (Lipinski definition) is 5. The Morgan fingerprint density at radius 2 is 2.08 bits per heavy atom. The number of rotatable bonds is 6. The second-order valence-corrected chi connectivity index (χ2v) is 7.43. The van der Waals surface area contributed by atoms with Gasteiger partial charge in [0.1, 0.15) is 5.76 Å². The van der Waals surface area contributed by atoms with Crippen molar-refractivity contribution in [3.63, 3.8) is 0 Å². The lowest BCUT2D eigenvalue weighted by Gasteiger charge is -2.16. The number of nitrogens with one attached hydrogen (secondary N) is 1. The van der Waals surface area contributed by atoms with Crippen LogP contribution in [0, 0.1) is 6.92 Å². The van der Waals surface area contributed by atoms with Crippen LogP contribution >= 0.6 is 11.8 Å². The van der Waals surface area contributed by atoms with Crippen LogP contribution in [0.2, 0.25) is 0 Å². The van der Waals surface area contributed by atoms with Gasteiger partial charge in [-0.25, -0.2) is 0 Å². The highest BCUT2D eigenvalue weighted by Crippen LogP contribution is 2.27. The van der Waals surface area contributed by atoms with Gasteiger partial charge in [-0.2, -0.15) is 0 Å². The third-order valence-electron chi connectivity index (χ3n) is 4.69. The predicted octanol–water partition coefficient (Wildman–Crippen LogP) is 3.80. The second-order valence-electron chi connectivity index (χ2n) is 6.49. The molecule has 0 atom stereocenters. The first kappa shape index (κ1) is 18.0. The number of carbonyl (C=O) groups excluding carboxylic acids is 1. The monoisotopic (exact) mass is 362 g/mol. The Kier molecular flexibility index (Phi) is 6.18. The van der Waals surface area contributed by atoms with E-state index in [0.29, 0.717) is 11.8 Å². The predicted molar refractivity (Wildman–Crippen MR) is 98.5 cm³/mol. The number of carbonyl (C=O) groups is 1. The van der Waals surface area contributed by atoms with E-state index in [9.17, 15) is 4.79 Å². The summed E-state index contributed by atoms with van der Waals surface area (Å²) in [5.41, 5.74) is 0.948. The Morgan fingerprint density at radius 1 is 1.32 bits per heavy atom. The Balaban J connectivity index is 1.60. The molecule has 2 heterocycles. The molecule has 2 aromatic rings. The van der Waals surface area contributed by atoms with Crippen LogP contribution in [-0.2, 0) is 11.3 Å². The first-order chi connectivity index (χ1) is 12.2. The van der Waals surface area contributed by atoms with Gasteiger partial charge in [0.05, 0.1) is 17.6 Å². The molecule has 7 heteroatoms. The Hall–Kier alpha value is -1.76. The molecule has 25 heavy (non-hydrogen) atoms. The van der Waals surface area contributed by atoms with E-state index < -0.39 is 0 Å². The van der Waals surface area contributed by atoms with Crippen molar-refractivity contribution in [1.82, 2.24) is 20.1 Å². The van der Waals surface area contributed by atoms with Gasteiger partial charge in [-0.05, 0) is 32.8 Å². The van der Waals surface area contributed by atoms with Crippen molar-refractivity contribution in [2.45, 2.75) is 70.1 Å². The highest BCUT2D eigenvalue weighted by Gasteiger charge is 2.19. The van der Waals surface area contributed by atoms with Crippen molar-refractivity contribution in [1.29, 1.82) is 0 Å². The van der Waals surface area contributed by atoms with Crippen LogP contribution in [0.4, 0.5) is 0 Å². The van der Waals surface area contributed by atoms with E-state index >= 15 is 0 Å². The van der Waals surface area contributed by atoms with Crippen molar-refractivity contribution in [2.75, 3.05) is 5.75 Å². The topological polar surface area (TPSA) is 73.0 Å². The van der Waals surface area contributed by atoms with E-state index in [4.69, 9.17) is 4.42 Å². The van der Waals surface area contributed by atoms with Crippen LogP contribution in [0.1, 0.15) is 51.2 Å². The van der Waals surface area contributed by atoms with Crippen molar-refractivity contribution in [3.05, 3.63) is 18.1 Å². The van der Waals surface area contributed by atoms with Crippen molar-refractivity contribution in [2.24, 2.45) is 0 Å². The number of aromatic nitrogens is 3. The van der Waals surface area contributed by atoms with E-state index in [2.05, 4.69) is 22.4 Å². The van der Waals surface area contributed by atoms with Crippen LogP contribution < -0.4 is 5.32 Å². The average molecular weight is 362 g/mol. The summed E-state index contributed by atoms with van der Waals surface area (Å²) < 4.78 is 7.40. The quantitative estimate of drug-likeness (QED) is 0.625. The van der Waals surface area contributed by atoms with Crippen molar-refractivity contribution < 1.29 is 9.21 Å². The normalized spacial score (nSPS) is 15.9. The minimum absolute atomic E-state index is 0.0867. The van der Waals surface area contributed by atoms with Gasteiger partial charge in [0.2, 0.25) is 5.91 Å². The Bertz CT molecular complexity index is 702. The molecule has 1 amide bonds. The lowest BCUT2D eigenvalue weighted by Crippen LogP contribution is -2.35. The fourth-order valence-electron chi connectivity index (χ4n) is 3.32. The molecule has 0 bridgehead atoms. The van der Waals surface area contributed by atoms with Gasteiger partial charge >= 0.3 is 0 Å². The molecule has 6 nitrogen and oxygen atoms in total. The van der Waals surface area contributed by atoms with Gasteiger partial charge < -0.3 is 14.3 Å². The zero-order valence-electron chi connectivity index (χ0n) is 15.0. The summed E-state index contributed by atoms with van der Waals surface area (Å²) in [5, 5.41) is 12.5. The third-order valence-corrected chi connectivity index (χ3v) is 5.65. The maximum absolute atomic E-state index is 12.3. The lowest BCUT2D eigenvalue weighted by molar-refractivity contribution is -0.119. The number of thioether (sulfide) groups is 1. The molecule has 0 spiro atoms. The molecule has 1 aliphatic rings. The lowest BCUT2D eigenvalue weighted by atomic mass is 10.1. The zero-order valence-corrected chi connectivity index (χ0v) is 15.8. The molecule has 2 aromatic heterocycles. The molecule has 0 saturated heterocycles. The highest BCUT2D eigenvalue weighted by atomic mass is 32.2. The summed E-state index contributed by atoms with van der Waals surface area (Å²) in [6.07, 6.45) is 8.88. The van der Waals surface area contributed by atoms with Gasteiger partial charge in [0.25, 0.3) is 0 Å². The molecule has 1 fully saturated rings. The number of nitrogens with zero attached hydrogens (tertiary/aromatic N) is 3. The summed E-state index contributed by atoms with van der Waals surface area (Å²) in [7, 11) is 0. The first-order valence-electron chi connectivity index (χ1n) is 9.09. The van der Waals surface area contributed by atoms with Gasteiger partial charge in [-0.3, -0.25) is 4.79 Å². The Morgan fingerprint density at radius 3 is 2.72 bits per heavy atom. The van der Waals surface area contributed by atoms with Crippen LogP contribution in [0.15, 0.2) is 21.9 Å². The van der Waals surface area contributed by atoms with E-state index in [1.165, 1.54) is 37.4 Å². The number of amides is 1. The highest BCUT2D eigenvalue weighted by molar-refractivity contribution is 7.99. The zero-order chi connectivity index (χ0) is 17.6. The molecule has 0 unspecified atom stereocenters. The molecular weight excluding hydrogens is 336 g/mol. The largest absolute Gasteiger partial charge is 0.469 e. The summed E-state index contributed by atoms with van der Waals surface area (Å²) >= 11 is 1.44. The van der Waals surface area contributed by atoms with Gasteiger partial charge in [-0.15, -0.1) is 10.2 Å². The summed E-state index contributed by atoms with van der Waals surface area (Å²) in [6, 6.07) is 2.24. The van der Waals surface area contributed by atoms with Crippen molar-refractivity contribution in [3.8, 4) is 11.4 Å². The van der Waals surface area contributed by atoms with E-state index in [-0.39, 0.29) is 5.91 Å². The molecule has 1 N–H and O–H groups in total. The SMILES string of the molecule is CCn1c(SCC(=O)NC2CCCCCC2)nnc1-c1ccoc1C. The maximum atomic E-state index is 12.3. The maximum Gasteiger partial charge on any atom is 0.230 e. The number of furan rings is 1. The molecule has 136 valence electrons. The van der Waals surface area contributed by atoms with Gasteiger partial charge in [0, 0.05) is 12.6 Å². The van der Waals surface area contributed by atoms with Crippen LogP contribution in [0.25, 0.3) is 11.4 Å². The van der Waals surface area contributed by atoms with E-state index in [1.807, 2.05) is 17.6 Å². The molecule has 0 aromatic carbocycles. The van der Waals surface area contributed by atoms with Gasteiger partial charge in [0.15, 0.2) is 11.0 Å². The van der Waals surface area contributed by atoms with E-state index in [1.54, 1.807) is 6.26 Å². The minimum Gasteiger partial charge on any atom is -0.469 e. The molecule has 0 aliphatic heterocycles.